The Kier molecular flexibility index (Phi) is 14.5. The van der Waals surface area contributed by atoms with Crippen molar-refractivity contribution in [3.63, 3.8) is 0 Å². The molecule has 1 aliphatic rings. The largest absolute Gasteiger partial charge is 0.487 e. The number of rotatable bonds is 18. The van der Waals surface area contributed by atoms with Crippen LogP contribution < -0.4 is 15.8 Å². The van der Waals surface area contributed by atoms with Gasteiger partial charge in [0.25, 0.3) is 5.92 Å². The Morgan fingerprint density at radius 3 is 2.60 bits per heavy atom. The number of aromatic amines is 1. The maximum atomic E-state index is 15.0. The molecular formula is C34H46F2N4O7. The molecule has 1 heterocycles. The van der Waals surface area contributed by atoms with E-state index in [9.17, 15) is 28.3 Å². The van der Waals surface area contributed by atoms with Crippen molar-refractivity contribution in [2.24, 2.45) is 17.6 Å². The summed E-state index contributed by atoms with van der Waals surface area (Å²) >= 11 is 0. The maximum Gasteiger partial charge on any atom is 0.329 e. The van der Waals surface area contributed by atoms with E-state index in [1.165, 1.54) is 25.5 Å². The number of esters is 2. The van der Waals surface area contributed by atoms with Crippen LogP contribution in [0, 0.1) is 11.8 Å². The van der Waals surface area contributed by atoms with Gasteiger partial charge in [-0.1, -0.05) is 36.4 Å². The van der Waals surface area contributed by atoms with Gasteiger partial charge < -0.3 is 35.4 Å². The molecule has 13 heteroatoms. The van der Waals surface area contributed by atoms with Crippen LogP contribution in [0.1, 0.15) is 58.6 Å². The van der Waals surface area contributed by atoms with E-state index >= 15 is 0 Å². The van der Waals surface area contributed by atoms with Crippen molar-refractivity contribution in [1.29, 1.82) is 0 Å². The quantitative estimate of drug-likeness (QED) is 0.105. The molecule has 1 aromatic carbocycles. The number of allylic oxidation sites excluding steroid dienone is 2. The molecule has 1 amide bonds. The van der Waals surface area contributed by atoms with Gasteiger partial charge in [-0.2, -0.15) is 8.78 Å². The lowest BCUT2D eigenvalue weighted by Crippen LogP contribution is -2.49. The molecule has 47 heavy (non-hydrogen) atoms. The van der Waals surface area contributed by atoms with E-state index in [2.05, 4.69) is 15.3 Å². The molecule has 0 spiro atoms. The first-order valence-corrected chi connectivity index (χ1v) is 15.9. The molecule has 1 fully saturated rings. The van der Waals surface area contributed by atoms with Gasteiger partial charge in [-0.05, 0) is 64.2 Å². The van der Waals surface area contributed by atoms with E-state index in [0.29, 0.717) is 30.7 Å². The number of ether oxygens (including phenoxy) is 3. The molecule has 1 saturated carbocycles. The molecular weight excluding hydrogens is 614 g/mol. The second-order valence-electron chi connectivity index (χ2n) is 12.0. The highest BCUT2D eigenvalue weighted by Crippen LogP contribution is 2.39. The number of aromatic nitrogens is 2. The number of carbonyl (C=O) groups excluding carboxylic acids is 3. The Morgan fingerprint density at radius 1 is 1.19 bits per heavy atom. The summed E-state index contributed by atoms with van der Waals surface area (Å²) in [5.74, 6) is -6.06. The molecule has 1 aromatic heterocycles. The van der Waals surface area contributed by atoms with E-state index in [1.54, 1.807) is 44.2 Å². The van der Waals surface area contributed by atoms with Gasteiger partial charge in [0.2, 0.25) is 5.91 Å². The average molecular weight is 661 g/mol. The maximum absolute atomic E-state index is 15.0. The highest BCUT2D eigenvalue weighted by Gasteiger charge is 2.44. The number of halogens is 2. The van der Waals surface area contributed by atoms with Crippen LogP contribution in [0.3, 0.4) is 0 Å². The van der Waals surface area contributed by atoms with E-state index in [4.69, 9.17) is 19.9 Å². The van der Waals surface area contributed by atoms with Crippen molar-refractivity contribution in [1.82, 2.24) is 15.3 Å². The second kappa shape index (κ2) is 18.3. The predicted molar refractivity (Wildman–Crippen MR) is 170 cm³/mol. The molecule has 3 rings (SSSR count). The number of para-hydroxylation sites is 1. The van der Waals surface area contributed by atoms with Gasteiger partial charge >= 0.3 is 11.9 Å². The Bertz CT molecular complexity index is 1320. The van der Waals surface area contributed by atoms with Crippen LogP contribution in [0.5, 0.6) is 5.75 Å². The molecule has 0 bridgehead atoms. The number of nitrogens with one attached hydrogen (secondary N) is 2. The number of hydrogen-bond donors (Lipinski definition) is 4. The summed E-state index contributed by atoms with van der Waals surface area (Å²) in [6.45, 7) is 4.12. The number of imidazole rings is 1. The van der Waals surface area contributed by atoms with Gasteiger partial charge in [-0.3, -0.25) is 9.59 Å². The van der Waals surface area contributed by atoms with Gasteiger partial charge in [-0.15, -0.1) is 0 Å². The number of nitrogens with two attached hydrogens (primary N) is 1. The third-order valence-electron chi connectivity index (χ3n) is 7.58. The topological polar surface area (TPSA) is 166 Å². The number of unbranched alkanes of at least 4 members (excludes halogenated alkanes) is 1. The van der Waals surface area contributed by atoms with Crippen LogP contribution in [0.25, 0.3) is 0 Å². The fourth-order valence-electron chi connectivity index (χ4n) is 5.21. The van der Waals surface area contributed by atoms with Gasteiger partial charge in [0.05, 0.1) is 24.6 Å². The van der Waals surface area contributed by atoms with Crippen molar-refractivity contribution < 1.29 is 42.5 Å². The average Bonchev–Trinajstić information content (AvgIpc) is 3.63. The molecule has 0 saturated heterocycles. The summed E-state index contributed by atoms with van der Waals surface area (Å²) in [5, 5.41) is 13.6. The molecule has 2 aromatic rings. The number of aliphatic hydroxyl groups is 1. The van der Waals surface area contributed by atoms with Crippen LogP contribution in [0.4, 0.5) is 8.78 Å². The summed E-state index contributed by atoms with van der Waals surface area (Å²) in [6.07, 6.45) is 8.25. The van der Waals surface area contributed by atoms with E-state index in [-0.39, 0.29) is 31.3 Å². The summed E-state index contributed by atoms with van der Waals surface area (Å²) in [6, 6.07) is 6.20. The number of nitrogens with zero attached hydrogens (tertiary/aromatic N) is 1. The third-order valence-corrected chi connectivity index (χ3v) is 7.58. The predicted octanol–water partition coefficient (Wildman–Crippen LogP) is 4.03. The first-order chi connectivity index (χ1) is 22.3. The number of carbonyl (C=O) groups is 3. The third kappa shape index (κ3) is 12.9. The molecule has 0 unspecified atom stereocenters. The molecule has 1 aliphatic carbocycles. The van der Waals surface area contributed by atoms with E-state index in [1.807, 2.05) is 12.2 Å². The molecule has 5 N–H and O–H groups in total. The van der Waals surface area contributed by atoms with Gasteiger partial charge in [-0.25, -0.2) is 9.78 Å². The van der Waals surface area contributed by atoms with Crippen LogP contribution in [0.15, 0.2) is 67.2 Å². The minimum atomic E-state index is -3.36. The zero-order chi connectivity index (χ0) is 34.4. The monoisotopic (exact) mass is 660 g/mol. The number of alkyl halides is 2. The Balaban J connectivity index is 1.74. The summed E-state index contributed by atoms with van der Waals surface area (Å²) in [7, 11) is 0. The number of hydrogen-bond acceptors (Lipinski definition) is 9. The van der Waals surface area contributed by atoms with Crippen molar-refractivity contribution in [2.75, 3.05) is 6.61 Å². The second-order valence-corrected chi connectivity index (χ2v) is 12.0. The molecule has 0 aliphatic heterocycles. The lowest BCUT2D eigenvalue weighted by Gasteiger charge is -2.25. The fraction of sp³-hybridized carbons (Fsp3) is 0.529. The molecule has 0 radical (unpaired) electrons. The van der Waals surface area contributed by atoms with Crippen LogP contribution in [0.2, 0.25) is 0 Å². The summed E-state index contributed by atoms with van der Waals surface area (Å²) in [5.41, 5.74) is 6.25. The van der Waals surface area contributed by atoms with Gasteiger partial charge in [0.15, 0.2) is 6.61 Å². The van der Waals surface area contributed by atoms with E-state index in [0.717, 1.165) is 6.08 Å². The van der Waals surface area contributed by atoms with Crippen molar-refractivity contribution >= 4 is 17.8 Å². The van der Waals surface area contributed by atoms with Crippen LogP contribution in [-0.2, 0) is 30.3 Å². The van der Waals surface area contributed by atoms with Crippen molar-refractivity contribution in [3.8, 4) is 5.75 Å². The van der Waals surface area contributed by atoms with E-state index < -0.39 is 60.5 Å². The lowest BCUT2D eigenvalue weighted by atomic mass is 9.89. The van der Waals surface area contributed by atoms with Gasteiger partial charge in [0.1, 0.15) is 17.9 Å². The smallest absolute Gasteiger partial charge is 0.329 e. The fourth-order valence-corrected chi connectivity index (χ4v) is 5.21. The Labute approximate surface area is 273 Å². The van der Waals surface area contributed by atoms with Crippen molar-refractivity contribution in [3.05, 3.63) is 72.9 Å². The summed E-state index contributed by atoms with van der Waals surface area (Å²) < 4.78 is 46.2. The molecule has 6 atom stereocenters. The number of amides is 1. The van der Waals surface area contributed by atoms with Gasteiger partial charge in [0, 0.05) is 37.1 Å². The zero-order valence-electron chi connectivity index (χ0n) is 27.0. The Hall–Kier alpha value is -4.10. The molecule has 258 valence electrons. The standard InChI is InChI=1S/C34H46F2N4O7/c1-22(2)46-31(42)14-10-5-4-9-13-26-27(15-16-34(35,36)20-45-25-11-7-6-8-12-25)30(18-29(26)41)47-33(44)28(40-32(43)23(3)37)17-24-19-38-21-39-24/h4,6-9,11-12,15-16,19,21-23,26-30,41H,5,10,13-14,17-18,20,37H2,1-3H3,(H,38,39)(H,40,43)/b9-4-,16-15+/t23-,26+,27+,28-,29-,30+/m0/s1. The highest BCUT2D eigenvalue weighted by molar-refractivity contribution is 5.87. The zero-order valence-corrected chi connectivity index (χ0v) is 27.0. The number of aliphatic hydroxyl groups excluding tert-OH is 1. The molecule has 11 nitrogen and oxygen atoms in total. The number of H-pyrrole nitrogens is 1. The van der Waals surface area contributed by atoms with Crippen LogP contribution >= 0.6 is 0 Å². The summed E-state index contributed by atoms with van der Waals surface area (Å²) in [4.78, 5) is 44.4. The SMILES string of the molecule is CC(C)OC(=O)CCC/C=C\C[C@@H]1[C@@H](/C=C/C(F)(F)COc2ccccc2)[C@H](OC(=O)[C@H](Cc2cnc[nH]2)NC(=O)[C@H](C)N)C[C@@H]1O. The van der Waals surface area contributed by atoms with Crippen LogP contribution in [-0.4, -0.2) is 75.8 Å². The minimum Gasteiger partial charge on any atom is -0.487 e. The first-order valence-electron chi connectivity index (χ1n) is 15.9. The Morgan fingerprint density at radius 2 is 1.94 bits per heavy atom. The van der Waals surface area contributed by atoms with Crippen molar-refractivity contribution in [2.45, 2.75) is 95.6 Å². The highest BCUT2D eigenvalue weighted by atomic mass is 19.3. The normalized spacial score (nSPS) is 21.2. The lowest BCUT2D eigenvalue weighted by molar-refractivity contribution is -0.154. The minimum absolute atomic E-state index is 0.00436. The first kappa shape index (κ1) is 37.4. The number of benzene rings is 1.